The zero-order valence-electron chi connectivity index (χ0n) is 13.2. The van der Waals surface area contributed by atoms with Gasteiger partial charge in [-0.15, -0.1) is 0 Å². The van der Waals surface area contributed by atoms with Crippen LogP contribution in [-0.2, 0) is 6.42 Å². The Morgan fingerprint density at radius 2 is 1.87 bits per heavy atom. The van der Waals surface area contributed by atoms with Crippen molar-refractivity contribution in [1.29, 1.82) is 0 Å². The minimum atomic E-state index is -1.04. The first kappa shape index (κ1) is 16.7. The molecule has 120 valence electrons. The van der Waals surface area contributed by atoms with E-state index in [9.17, 15) is 9.59 Å². The molecule has 0 spiro atoms. The Bertz CT molecular complexity index is 699. The highest BCUT2D eigenvalue weighted by Gasteiger charge is 2.14. The number of rotatable bonds is 6. The first-order chi connectivity index (χ1) is 11.0. The van der Waals surface area contributed by atoms with Gasteiger partial charge in [-0.05, 0) is 44.4 Å². The van der Waals surface area contributed by atoms with E-state index in [0.29, 0.717) is 5.69 Å². The maximum atomic E-state index is 12.2. The SMILES string of the molecule is Cc1nc(C(=O)NC(C)CCc2ccccc2)ccc1C(=O)O. The standard InChI is InChI=1S/C18H20N2O3/c1-12(8-9-14-6-4-3-5-7-14)19-17(21)16-11-10-15(18(22)23)13(2)20-16/h3-7,10-12H,8-9H2,1-2H3,(H,19,21)(H,22,23). The molecule has 0 saturated carbocycles. The molecule has 0 saturated heterocycles. The number of amides is 1. The van der Waals surface area contributed by atoms with Crippen LogP contribution >= 0.6 is 0 Å². The largest absolute Gasteiger partial charge is 0.478 e. The highest BCUT2D eigenvalue weighted by Crippen LogP contribution is 2.08. The smallest absolute Gasteiger partial charge is 0.337 e. The van der Waals surface area contributed by atoms with Gasteiger partial charge in [0.25, 0.3) is 5.91 Å². The number of carbonyl (C=O) groups is 2. The van der Waals surface area contributed by atoms with Crippen LogP contribution < -0.4 is 5.32 Å². The van der Waals surface area contributed by atoms with Crippen molar-refractivity contribution >= 4 is 11.9 Å². The summed E-state index contributed by atoms with van der Waals surface area (Å²) in [6.07, 6.45) is 1.70. The van der Waals surface area contributed by atoms with Crippen molar-refractivity contribution in [2.45, 2.75) is 32.7 Å². The van der Waals surface area contributed by atoms with Crippen molar-refractivity contribution < 1.29 is 14.7 Å². The number of nitrogens with zero attached hydrogens (tertiary/aromatic N) is 1. The van der Waals surface area contributed by atoms with E-state index in [1.54, 1.807) is 6.92 Å². The lowest BCUT2D eigenvalue weighted by molar-refractivity contribution is 0.0694. The number of carboxylic acids is 1. The molecule has 0 aliphatic carbocycles. The van der Waals surface area contributed by atoms with Gasteiger partial charge in [0.15, 0.2) is 0 Å². The molecule has 2 rings (SSSR count). The highest BCUT2D eigenvalue weighted by molar-refractivity contribution is 5.94. The molecule has 0 bridgehead atoms. The number of aromatic carboxylic acids is 1. The number of hydrogen-bond acceptors (Lipinski definition) is 3. The van der Waals surface area contributed by atoms with Crippen LogP contribution in [0, 0.1) is 6.92 Å². The van der Waals surface area contributed by atoms with Crippen LogP contribution in [0.2, 0.25) is 0 Å². The molecule has 2 N–H and O–H groups in total. The number of aromatic nitrogens is 1. The predicted molar refractivity (Wildman–Crippen MR) is 87.6 cm³/mol. The number of aryl methyl sites for hydroxylation is 2. The van der Waals surface area contributed by atoms with E-state index >= 15 is 0 Å². The lowest BCUT2D eigenvalue weighted by atomic mass is 10.1. The Hall–Kier alpha value is -2.69. The van der Waals surface area contributed by atoms with E-state index in [2.05, 4.69) is 22.4 Å². The molecule has 0 radical (unpaired) electrons. The Balaban J connectivity index is 1.93. The second-order valence-corrected chi connectivity index (χ2v) is 5.53. The molecule has 1 unspecified atom stereocenters. The summed E-state index contributed by atoms with van der Waals surface area (Å²) in [6, 6.07) is 12.9. The van der Waals surface area contributed by atoms with Crippen molar-refractivity contribution in [3.63, 3.8) is 0 Å². The van der Waals surface area contributed by atoms with E-state index in [1.807, 2.05) is 25.1 Å². The zero-order valence-corrected chi connectivity index (χ0v) is 13.2. The van der Waals surface area contributed by atoms with E-state index in [0.717, 1.165) is 12.8 Å². The van der Waals surface area contributed by atoms with Crippen LogP contribution in [0.4, 0.5) is 0 Å². The number of nitrogens with one attached hydrogen (secondary N) is 1. The van der Waals surface area contributed by atoms with Crippen molar-refractivity contribution in [3.05, 3.63) is 65.0 Å². The van der Waals surface area contributed by atoms with Crippen molar-refractivity contribution in [3.8, 4) is 0 Å². The van der Waals surface area contributed by atoms with Gasteiger partial charge in [-0.3, -0.25) is 4.79 Å². The second-order valence-electron chi connectivity index (χ2n) is 5.53. The molecule has 1 heterocycles. The maximum absolute atomic E-state index is 12.2. The van der Waals surface area contributed by atoms with E-state index in [4.69, 9.17) is 5.11 Å². The van der Waals surface area contributed by atoms with E-state index in [1.165, 1.54) is 17.7 Å². The van der Waals surface area contributed by atoms with Gasteiger partial charge in [0.2, 0.25) is 0 Å². The fraction of sp³-hybridized carbons (Fsp3) is 0.278. The van der Waals surface area contributed by atoms with Crippen molar-refractivity contribution in [1.82, 2.24) is 10.3 Å². The molecule has 0 fully saturated rings. The predicted octanol–water partition coefficient (Wildman–Crippen LogP) is 2.84. The summed E-state index contributed by atoms with van der Waals surface area (Å²) in [5.74, 6) is -1.33. The molecule has 1 aromatic carbocycles. The third kappa shape index (κ3) is 4.64. The third-order valence-electron chi connectivity index (χ3n) is 3.64. The average Bonchev–Trinajstić information content (AvgIpc) is 2.53. The van der Waals surface area contributed by atoms with Gasteiger partial charge in [-0.2, -0.15) is 0 Å². The number of pyridine rings is 1. The number of benzene rings is 1. The number of carbonyl (C=O) groups excluding carboxylic acids is 1. The molecule has 0 aliphatic rings. The molecule has 2 aromatic rings. The lowest BCUT2D eigenvalue weighted by Gasteiger charge is -2.14. The molecule has 1 atom stereocenters. The van der Waals surface area contributed by atoms with Crippen LogP contribution in [0.3, 0.4) is 0 Å². The summed E-state index contributed by atoms with van der Waals surface area (Å²) >= 11 is 0. The van der Waals surface area contributed by atoms with Gasteiger partial charge in [0.05, 0.1) is 11.3 Å². The van der Waals surface area contributed by atoms with Gasteiger partial charge in [-0.1, -0.05) is 30.3 Å². The monoisotopic (exact) mass is 312 g/mol. The Labute approximate surface area is 135 Å². The fourth-order valence-corrected chi connectivity index (χ4v) is 2.31. The van der Waals surface area contributed by atoms with Gasteiger partial charge in [0.1, 0.15) is 5.69 Å². The normalized spacial score (nSPS) is 11.7. The molecule has 1 amide bonds. The second kappa shape index (κ2) is 7.54. The van der Waals surface area contributed by atoms with Gasteiger partial charge in [-0.25, -0.2) is 9.78 Å². The number of carboxylic acid groups (broad SMARTS) is 1. The summed E-state index contributed by atoms with van der Waals surface area (Å²) in [7, 11) is 0. The molecule has 0 aliphatic heterocycles. The third-order valence-corrected chi connectivity index (χ3v) is 3.64. The topological polar surface area (TPSA) is 79.3 Å². The first-order valence-corrected chi connectivity index (χ1v) is 7.53. The summed E-state index contributed by atoms with van der Waals surface area (Å²) in [5, 5.41) is 11.9. The maximum Gasteiger partial charge on any atom is 0.337 e. The van der Waals surface area contributed by atoms with Crippen LogP contribution in [-0.4, -0.2) is 28.0 Å². The number of hydrogen-bond donors (Lipinski definition) is 2. The van der Waals surface area contributed by atoms with Crippen molar-refractivity contribution in [2.24, 2.45) is 0 Å². The van der Waals surface area contributed by atoms with Crippen LogP contribution in [0.25, 0.3) is 0 Å². The first-order valence-electron chi connectivity index (χ1n) is 7.53. The van der Waals surface area contributed by atoms with Crippen LogP contribution in [0.5, 0.6) is 0 Å². The fourth-order valence-electron chi connectivity index (χ4n) is 2.31. The average molecular weight is 312 g/mol. The molecule has 5 heteroatoms. The molecule has 5 nitrogen and oxygen atoms in total. The molecular weight excluding hydrogens is 292 g/mol. The zero-order chi connectivity index (χ0) is 16.8. The summed E-state index contributed by atoms with van der Waals surface area (Å²) in [4.78, 5) is 27.2. The molecular formula is C18H20N2O3. The van der Waals surface area contributed by atoms with Crippen molar-refractivity contribution in [2.75, 3.05) is 0 Å². The van der Waals surface area contributed by atoms with Crippen LogP contribution in [0.1, 0.15) is 45.4 Å². The van der Waals surface area contributed by atoms with Crippen LogP contribution in [0.15, 0.2) is 42.5 Å². The molecule has 23 heavy (non-hydrogen) atoms. The van der Waals surface area contributed by atoms with E-state index < -0.39 is 5.97 Å². The lowest BCUT2D eigenvalue weighted by Crippen LogP contribution is -2.33. The Morgan fingerprint density at radius 3 is 2.48 bits per heavy atom. The molecule has 1 aromatic heterocycles. The minimum Gasteiger partial charge on any atom is -0.478 e. The summed E-state index contributed by atoms with van der Waals surface area (Å²) in [6.45, 7) is 3.53. The quantitative estimate of drug-likeness (QED) is 0.859. The highest BCUT2D eigenvalue weighted by atomic mass is 16.4. The minimum absolute atomic E-state index is 0.00367. The summed E-state index contributed by atoms with van der Waals surface area (Å²) < 4.78 is 0. The summed E-state index contributed by atoms with van der Waals surface area (Å²) in [5.41, 5.74) is 1.91. The Morgan fingerprint density at radius 1 is 1.17 bits per heavy atom. The Kier molecular flexibility index (Phi) is 5.46. The van der Waals surface area contributed by atoms with E-state index in [-0.39, 0.29) is 23.2 Å². The van der Waals surface area contributed by atoms with Gasteiger partial charge in [0, 0.05) is 6.04 Å². The van der Waals surface area contributed by atoms with Gasteiger partial charge < -0.3 is 10.4 Å². The van der Waals surface area contributed by atoms with Gasteiger partial charge >= 0.3 is 5.97 Å².